The fourth-order valence-corrected chi connectivity index (χ4v) is 2.77. The first-order valence-electron chi connectivity index (χ1n) is 8.80. The first-order chi connectivity index (χ1) is 12.3. The Bertz CT molecular complexity index is 744. The highest BCUT2D eigenvalue weighted by Gasteiger charge is 2.17. The lowest BCUT2D eigenvalue weighted by Crippen LogP contribution is -2.15. The second-order valence-electron chi connectivity index (χ2n) is 6.89. The molecule has 0 fully saturated rings. The van der Waals surface area contributed by atoms with Gasteiger partial charge in [0.05, 0.1) is 12.3 Å². The Labute approximate surface area is 163 Å². The summed E-state index contributed by atoms with van der Waals surface area (Å²) in [6.07, 6.45) is 1.91. The van der Waals surface area contributed by atoms with Gasteiger partial charge in [0, 0.05) is 10.9 Å². The third-order valence-electron chi connectivity index (χ3n) is 4.54. The molecule has 2 aromatic carbocycles. The van der Waals surface area contributed by atoms with Gasteiger partial charge >= 0.3 is 0 Å². The van der Waals surface area contributed by atoms with Gasteiger partial charge in [0.2, 0.25) is 5.91 Å². The molecule has 2 rings (SSSR count). The van der Waals surface area contributed by atoms with E-state index >= 15 is 0 Å². The molecule has 0 spiro atoms. The van der Waals surface area contributed by atoms with Crippen LogP contribution in [-0.2, 0) is 10.2 Å². The number of carbonyl (C=O) groups is 1. The Balaban J connectivity index is 1.75. The molecule has 0 bridgehead atoms. The van der Waals surface area contributed by atoms with Gasteiger partial charge in [-0.25, -0.2) is 4.39 Å². The summed E-state index contributed by atoms with van der Waals surface area (Å²) >= 11 is 3.19. The van der Waals surface area contributed by atoms with Crippen LogP contribution in [0.25, 0.3) is 0 Å². The molecule has 1 amide bonds. The average molecular weight is 422 g/mol. The van der Waals surface area contributed by atoms with Crippen LogP contribution in [0.3, 0.4) is 0 Å². The summed E-state index contributed by atoms with van der Waals surface area (Å²) in [5.41, 5.74) is 1.62. The van der Waals surface area contributed by atoms with E-state index in [0.717, 1.165) is 12.2 Å². The van der Waals surface area contributed by atoms with Crippen molar-refractivity contribution in [3.63, 3.8) is 0 Å². The summed E-state index contributed by atoms with van der Waals surface area (Å²) in [4.78, 5) is 11.9. The van der Waals surface area contributed by atoms with Gasteiger partial charge in [-0.15, -0.1) is 0 Å². The van der Waals surface area contributed by atoms with E-state index in [4.69, 9.17) is 4.74 Å². The van der Waals surface area contributed by atoms with Gasteiger partial charge in [-0.1, -0.05) is 48.8 Å². The lowest BCUT2D eigenvalue weighted by Gasteiger charge is -2.23. The van der Waals surface area contributed by atoms with Crippen LogP contribution in [0.5, 0.6) is 5.75 Å². The standard InChI is InChI=1S/C21H25BrFNO2/c1-4-21(2,3)15-7-10-17(11-8-15)26-13-5-6-20(25)24-19-12-9-16(22)14-18(19)23/h7-12,14H,4-6,13H2,1-3H3,(H,24,25). The zero-order valence-corrected chi connectivity index (χ0v) is 17.0. The molecule has 0 radical (unpaired) electrons. The smallest absolute Gasteiger partial charge is 0.224 e. The molecule has 0 aliphatic heterocycles. The summed E-state index contributed by atoms with van der Waals surface area (Å²) in [6.45, 7) is 7.05. The van der Waals surface area contributed by atoms with Crippen LogP contribution in [-0.4, -0.2) is 12.5 Å². The molecular formula is C21H25BrFNO2. The number of hydrogen-bond donors (Lipinski definition) is 1. The van der Waals surface area contributed by atoms with E-state index in [2.05, 4.69) is 54.2 Å². The Kier molecular flexibility index (Phi) is 7.21. The molecule has 0 atom stereocenters. The highest BCUT2D eigenvalue weighted by molar-refractivity contribution is 9.10. The second kappa shape index (κ2) is 9.17. The first kappa shape index (κ1) is 20.4. The minimum Gasteiger partial charge on any atom is -0.494 e. The van der Waals surface area contributed by atoms with Crippen molar-refractivity contribution in [1.82, 2.24) is 0 Å². The van der Waals surface area contributed by atoms with Gasteiger partial charge in [0.25, 0.3) is 0 Å². The molecule has 0 saturated heterocycles. The monoisotopic (exact) mass is 421 g/mol. The number of anilines is 1. The summed E-state index contributed by atoms with van der Waals surface area (Å²) in [7, 11) is 0. The number of halogens is 2. The van der Waals surface area contributed by atoms with E-state index in [9.17, 15) is 9.18 Å². The molecule has 26 heavy (non-hydrogen) atoms. The SMILES string of the molecule is CCC(C)(C)c1ccc(OCCCC(=O)Nc2ccc(Br)cc2F)cc1. The number of rotatable bonds is 8. The maximum absolute atomic E-state index is 13.7. The molecule has 0 saturated carbocycles. The van der Waals surface area contributed by atoms with Crippen LogP contribution in [0.1, 0.15) is 45.6 Å². The maximum Gasteiger partial charge on any atom is 0.224 e. The zero-order chi connectivity index (χ0) is 19.2. The number of hydrogen-bond acceptors (Lipinski definition) is 2. The van der Waals surface area contributed by atoms with Crippen molar-refractivity contribution in [1.29, 1.82) is 0 Å². The average Bonchev–Trinajstić information content (AvgIpc) is 2.61. The van der Waals surface area contributed by atoms with Crippen LogP contribution in [0.15, 0.2) is 46.9 Å². The largest absolute Gasteiger partial charge is 0.494 e. The Morgan fingerprint density at radius 3 is 2.50 bits per heavy atom. The van der Waals surface area contributed by atoms with Crippen LogP contribution in [0.4, 0.5) is 10.1 Å². The van der Waals surface area contributed by atoms with Gasteiger partial charge in [-0.3, -0.25) is 4.79 Å². The molecule has 140 valence electrons. The number of carbonyl (C=O) groups excluding carboxylic acids is 1. The van der Waals surface area contributed by atoms with Crippen LogP contribution >= 0.6 is 15.9 Å². The minimum atomic E-state index is -0.459. The number of benzene rings is 2. The highest BCUT2D eigenvalue weighted by atomic mass is 79.9. The van der Waals surface area contributed by atoms with Crippen LogP contribution in [0, 0.1) is 5.82 Å². The Morgan fingerprint density at radius 1 is 1.19 bits per heavy atom. The zero-order valence-electron chi connectivity index (χ0n) is 15.4. The van der Waals surface area contributed by atoms with E-state index in [0.29, 0.717) is 17.5 Å². The lowest BCUT2D eigenvalue weighted by atomic mass is 9.82. The Hall–Kier alpha value is -1.88. The van der Waals surface area contributed by atoms with Gasteiger partial charge in [-0.2, -0.15) is 0 Å². The van der Waals surface area contributed by atoms with E-state index in [1.165, 1.54) is 17.7 Å². The van der Waals surface area contributed by atoms with Crippen LogP contribution in [0.2, 0.25) is 0 Å². The van der Waals surface area contributed by atoms with Crippen molar-refractivity contribution in [3.8, 4) is 5.75 Å². The third kappa shape index (κ3) is 5.84. The van der Waals surface area contributed by atoms with Gasteiger partial charge in [-0.05, 0) is 54.2 Å². The molecule has 3 nitrogen and oxygen atoms in total. The first-order valence-corrected chi connectivity index (χ1v) is 9.59. The summed E-state index contributed by atoms with van der Waals surface area (Å²) in [5, 5.41) is 2.58. The minimum absolute atomic E-state index is 0.152. The van der Waals surface area contributed by atoms with Crippen molar-refractivity contribution < 1.29 is 13.9 Å². The van der Waals surface area contributed by atoms with Crippen molar-refractivity contribution in [2.75, 3.05) is 11.9 Å². The summed E-state index contributed by atoms with van der Waals surface area (Å²) in [5.74, 6) is 0.106. The molecule has 5 heteroatoms. The normalized spacial score (nSPS) is 11.3. The fourth-order valence-electron chi connectivity index (χ4n) is 2.43. The fraction of sp³-hybridized carbons (Fsp3) is 0.381. The van der Waals surface area contributed by atoms with Gasteiger partial charge < -0.3 is 10.1 Å². The molecule has 2 aromatic rings. The van der Waals surface area contributed by atoms with E-state index in [1.54, 1.807) is 6.07 Å². The van der Waals surface area contributed by atoms with Crippen LogP contribution < -0.4 is 10.1 Å². The molecule has 1 N–H and O–H groups in total. The molecule has 0 unspecified atom stereocenters. The number of amides is 1. The van der Waals surface area contributed by atoms with Gasteiger partial charge in [0.1, 0.15) is 11.6 Å². The Morgan fingerprint density at radius 2 is 1.88 bits per heavy atom. The number of ether oxygens (including phenoxy) is 1. The predicted octanol–water partition coefficient (Wildman–Crippen LogP) is 6.07. The quantitative estimate of drug-likeness (QED) is 0.524. The van der Waals surface area contributed by atoms with Crippen molar-refractivity contribution in [2.45, 2.75) is 45.4 Å². The molecular weight excluding hydrogens is 397 g/mol. The third-order valence-corrected chi connectivity index (χ3v) is 5.04. The van der Waals surface area contributed by atoms with E-state index < -0.39 is 5.82 Å². The van der Waals surface area contributed by atoms with Crippen molar-refractivity contribution in [3.05, 3.63) is 58.3 Å². The second-order valence-corrected chi connectivity index (χ2v) is 7.80. The lowest BCUT2D eigenvalue weighted by molar-refractivity contribution is -0.116. The number of nitrogens with one attached hydrogen (secondary N) is 1. The highest BCUT2D eigenvalue weighted by Crippen LogP contribution is 2.28. The summed E-state index contributed by atoms with van der Waals surface area (Å²) in [6, 6.07) is 12.6. The molecule has 0 aliphatic rings. The van der Waals surface area contributed by atoms with E-state index in [-0.39, 0.29) is 23.4 Å². The van der Waals surface area contributed by atoms with E-state index in [1.807, 2.05) is 12.1 Å². The summed E-state index contributed by atoms with van der Waals surface area (Å²) < 4.78 is 20.0. The maximum atomic E-state index is 13.7. The molecule has 0 aromatic heterocycles. The van der Waals surface area contributed by atoms with Crippen molar-refractivity contribution >= 4 is 27.5 Å². The van der Waals surface area contributed by atoms with Crippen molar-refractivity contribution in [2.24, 2.45) is 0 Å². The molecule has 0 heterocycles. The molecule has 0 aliphatic carbocycles. The topological polar surface area (TPSA) is 38.3 Å². The van der Waals surface area contributed by atoms with Gasteiger partial charge in [0.15, 0.2) is 0 Å². The predicted molar refractivity (Wildman–Crippen MR) is 107 cm³/mol.